The molecular weight excluding hydrogens is 350 g/mol. The van der Waals surface area contributed by atoms with Crippen LogP contribution in [0.2, 0.25) is 0 Å². The molecule has 0 radical (unpaired) electrons. The van der Waals surface area contributed by atoms with Gasteiger partial charge in [0.15, 0.2) is 11.5 Å². The first-order valence-corrected chi connectivity index (χ1v) is 8.30. The van der Waals surface area contributed by atoms with E-state index in [2.05, 4.69) is 0 Å². The molecule has 7 heteroatoms. The van der Waals surface area contributed by atoms with Crippen LogP contribution in [0.4, 0.5) is 0 Å². The number of methoxy groups -OCH3 is 3. The fraction of sp³-hybridized carbons (Fsp3) is 0.250. The van der Waals surface area contributed by atoms with Gasteiger partial charge in [0, 0.05) is 5.56 Å². The number of carbonyl (C=O) groups is 1. The molecule has 142 valence electrons. The Labute approximate surface area is 157 Å². The maximum Gasteiger partial charge on any atom is 0.254 e. The van der Waals surface area contributed by atoms with Crippen molar-refractivity contribution in [1.82, 2.24) is 4.90 Å². The van der Waals surface area contributed by atoms with Crippen LogP contribution in [-0.4, -0.2) is 32.1 Å². The molecule has 0 fully saturated rings. The van der Waals surface area contributed by atoms with Gasteiger partial charge in [0.25, 0.3) is 5.91 Å². The minimum Gasteiger partial charge on any atom is -0.493 e. The van der Waals surface area contributed by atoms with Gasteiger partial charge in [-0.15, -0.1) is 0 Å². The van der Waals surface area contributed by atoms with Crippen molar-refractivity contribution in [2.45, 2.75) is 13.1 Å². The van der Waals surface area contributed by atoms with Crippen LogP contribution in [0.3, 0.4) is 0 Å². The van der Waals surface area contributed by atoms with Crippen LogP contribution in [0.25, 0.3) is 0 Å². The Bertz CT molecular complexity index is 809. The van der Waals surface area contributed by atoms with E-state index in [0.29, 0.717) is 47.4 Å². The van der Waals surface area contributed by atoms with Crippen LogP contribution < -0.4 is 14.2 Å². The van der Waals surface area contributed by atoms with Crippen molar-refractivity contribution in [1.29, 1.82) is 0 Å². The molecule has 0 aliphatic rings. The monoisotopic (exact) mass is 371 g/mol. The lowest BCUT2D eigenvalue weighted by Gasteiger charge is -2.22. The second kappa shape index (κ2) is 8.35. The summed E-state index contributed by atoms with van der Waals surface area (Å²) in [6.45, 7) is 0.590. The molecule has 2 aromatic heterocycles. The minimum absolute atomic E-state index is 0.220. The van der Waals surface area contributed by atoms with Crippen LogP contribution in [0.15, 0.2) is 57.8 Å². The Hall–Kier alpha value is -3.35. The zero-order valence-electron chi connectivity index (χ0n) is 15.4. The Kier molecular flexibility index (Phi) is 5.71. The Morgan fingerprint density at radius 2 is 1.41 bits per heavy atom. The number of ether oxygens (including phenoxy) is 3. The van der Waals surface area contributed by atoms with Gasteiger partial charge in [-0.05, 0) is 36.4 Å². The first-order valence-electron chi connectivity index (χ1n) is 8.30. The number of hydrogen-bond acceptors (Lipinski definition) is 6. The largest absolute Gasteiger partial charge is 0.493 e. The second-order valence-corrected chi connectivity index (χ2v) is 5.73. The maximum absolute atomic E-state index is 13.2. The van der Waals surface area contributed by atoms with Crippen LogP contribution in [0.5, 0.6) is 17.2 Å². The molecule has 1 amide bonds. The van der Waals surface area contributed by atoms with Gasteiger partial charge in [-0.25, -0.2) is 0 Å². The molecule has 1 aromatic carbocycles. The third-order valence-electron chi connectivity index (χ3n) is 4.05. The van der Waals surface area contributed by atoms with Crippen molar-refractivity contribution in [3.05, 3.63) is 66.0 Å². The summed E-state index contributed by atoms with van der Waals surface area (Å²) in [5, 5.41) is 0. The molecule has 0 N–H and O–H groups in total. The second-order valence-electron chi connectivity index (χ2n) is 5.73. The number of benzene rings is 1. The topological polar surface area (TPSA) is 74.3 Å². The van der Waals surface area contributed by atoms with Gasteiger partial charge in [-0.3, -0.25) is 4.79 Å². The zero-order valence-corrected chi connectivity index (χ0v) is 15.4. The highest BCUT2D eigenvalue weighted by molar-refractivity contribution is 5.95. The summed E-state index contributed by atoms with van der Waals surface area (Å²) in [6, 6.07) is 10.5. The highest BCUT2D eigenvalue weighted by atomic mass is 16.5. The van der Waals surface area contributed by atoms with Gasteiger partial charge >= 0.3 is 0 Å². The van der Waals surface area contributed by atoms with E-state index in [0.717, 1.165) is 0 Å². The average molecular weight is 371 g/mol. The van der Waals surface area contributed by atoms with Crippen molar-refractivity contribution in [2.75, 3.05) is 21.3 Å². The normalized spacial score (nSPS) is 10.5. The third-order valence-corrected chi connectivity index (χ3v) is 4.05. The van der Waals surface area contributed by atoms with E-state index in [-0.39, 0.29) is 5.91 Å². The number of amides is 1. The number of nitrogens with zero attached hydrogens (tertiary/aromatic N) is 1. The first-order chi connectivity index (χ1) is 13.2. The zero-order chi connectivity index (χ0) is 19.2. The van der Waals surface area contributed by atoms with Crippen LogP contribution in [0, 0.1) is 0 Å². The fourth-order valence-corrected chi connectivity index (χ4v) is 2.77. The molecule has 0 bridgehead atoms. The Balaban J connectivity index is 1.95. The van der Waals surface area contributed by atoms with Crippen LogP contribution in [0.1, 0.15) is 21.9 Å². The number of carbonyl (C=O) groups excluding carboxylic acids is 1. The maximum atomic E-state index is 13.2. The highest BCUT2D eigenvalue weighted by Gasteiger charge is 2.23. The lowest BCUT2D eigenvalue weighted by molar-refractivity contribution is 0.0704. The van der Waals surface area contributed by atoms with Crippen molar-refractivity contribution in [2.24, 2.45) is 0 Å². The van der Waals surface area contributed by atoms with Gasteiger partial charge in [0.05, 0.1) is 46.9 Å². The summed E-state index contributed by atoms with van der Waals surface area (Å²) < 4.78 is 26.8. The van der Waals surface area contributed by atoms with Crippen molar-refractivity contribution < 1.29 is 27.8 Å². The summed E-state index contributed by atoms with van der Waals surface area (Å²) in [7, 11) is 4.53. The minimum atomic E-state index is -0.220. The first kappa shape index (κ1) is 18.4. The molecule has 2 heterocycles. The van der Waals surface area contributed by atoms with Crippen LogP contribution in [-0.2, 0) is 13.1 Å². The summed E-state index contributed by atoms with van der Waals surface area (Å²) in [5.41, 5.74) is 0.405. The van der Waals surface area contributed by atoms with Gasteiger partial charge in [0.2, 0.25) is 5.75 Å². The summed E-state index contributed by atoms with van der Waals surface area (Å²) >= 11 is 0. The van der Waals surface area contributed by atoms with E-state index in [9.17, 15) is 4.79 Å². The number of hydrogen-bond donors (Lipinski definition) is 0. The lowest BCUT2D eigenvalue weighted by atomic mass is 10.1. The summed E-state index contributed by atoms with van der Waals surface area (Å²) in [4.78, 5) is 14.8. The number of furan rings is 2. The standard InChI is InChI=1S/C20H21NO6/c1-23-17-10-14(11-18(24-2)19(17)25-3)20(22)21(12-15-6-4-8-26-15)13-16-7-5-9-27-16/h4-11H,12-13H2,1-3H3. The fourth-order valence-electron chi connectivity index (χ4n) is 2.77. The molecule has 3 rings (SSSR count). The Morgan fingerprint density at radius 3 is 1.78 bits per heavy atom. The third kappa shape index (κ3) is 4.08. The lowest BCUT2D eigenvalue weighted by Crippen LogP contribution is -2.30. The van der Waals surface area contributed by atoms with Gasteiger partial charge in [-0.2, -0.15) is 0 Å². The molecule has 0 saturated carbocycles. The molecule has 0 unspecified atom stereocenters. The molecule has 7 nitrogen and oxygen atoms in total. The van der Waals surface area contributed by atoms with Gasteiger partial charge in [-0.1, -0.05) is 0 Å². The van der Waals surface area contributed by atoms with E-state index < -0.39 is 0 Å². The Morgan fingerprint density at radius 1 is 0.889 bits per heavy atom. The van der Waals surface area contributed by atoms with E-state index >= 15 is 0 Å². The molecule has 0 atom stereocenters. The molecule has 3 aromatic rings. The molecule has 0 saturated heterocycles. The molecular formula is C20H21NO6. The molecule has 0 spiro atoms. The predicted octanol–water partition coefficient (Wildman–Crippen LogP) is 3.74. The van der Waals surface area contributed by atoms with E-state index in [4.69, 9.17) is 23.0 Å². The van der Waals surface area contributed by atoms with Crippen molar-refractivity contribution in [3.63, 3.8) is 0 Å². The summed E-state index contributed by atoms with van der Waals surface area (Å²) in [6.07, 6.45) is 3.15. The van der Waals surface area contributed by atoms with Gasteiger partial charge < -0.3 is 27.9 Å². The van der Waals surface area contributed by atoms with E-state index in [1.807, 2.05) is 12.1 Å². The molecule has 27 heavy (non-hydrogen) atoms. The van der Waals surface area contributed by atoms with Crippen molar-refractivity contribution >= 4 is 5.91 Å². The quantitative estimate of drug-likeness (QED) is 0.600. The predicted molar refractivity (Wildman–Crippen MR) is 97.1 cm³/mol. The number of rotatable bonds is 8. The average Bonchev–Trinajstić information content (AvgIpc) is 3.39. The van der Waals surface area contributed by atoms with Crippen molar-refractivity contribution in [3.8, 4) is 17.2 Å². The van der Waals surface area contributed by atoms with E-state index in [1.165, 1.54) is 21.3 Å². The van der Waals surface area contributed by atoms with Gasteiger partial charge in [0.1, 0.15) is 11.5 Å². The highest BCUT2D eigenvalue weighted by Crippen LogP contribution is 2.38. The van der Waals surface area contributed by atoms with E-state index in [1.54, 1.807) is 41.7 Å². The SMILES string of the molecule is COc1cc(C(=O)N(Cc2ccco2)Cc2ccco2)cc(OC)c1OC. The smallest absolute Gasteiger partial charge is 0.254 e. The van der Waals surface area contributed by atoms with Crippen LogP contribution >= 0.6 is 0 Å². The molecule has 0 aliphatic carbocycles. The summed E-state index contributed by atoms with van der Waals surface area (Å²) in [5.74, 6) is 2.37. The molecule has 0 aliphatic heterocycles.